The third kappa shape index (κ3) is 2.37. The zero-order chi connectivity index (χ0) is 15.0. The van der Waals surface area contributed by atoms with E-state index in [0.29, 0.717) is 0 Å². The highest BCUT2D eigenvalue weighted by molar-refractivity contribution is 6.02. The van der Waals surface area contributed by atoms with Gasteiger partial charge >= 0.3 is 17.9 Å². The van der Waals surface area contributed by atoms with Crippen LogP contribution >= 0.6 is 0 Å². The third-order valence-electron chi connectivity index (χ3n) is 3.90. The SMILES string of the molecule is O=C1C[C@H](OC(=O)C2(C(=O)O)CC2)[C@H](c2ccccc2)O1. The molecule has 0 radical (unpaired) electrons. The summed E-state index contributed by atoms with van der Waals surface area (Å²) in [5, 5.41) is 9.08. The molecule has 6 heteroatoms. The van der Waals surface area contributed by atoms with E-state index in [1.165, 1.54) is 0 Å². The van der Waals surface area contributed by atoms with E-state index in [1.807, 2.05) is 6.07 Å². The quantitative estimate of drug-likeness (QED) is 0.667. The fraction of sp³-hybridized carbons (Fsp3) is 0.400. The first-order valence-corrected chi connectivity index (χ1v) is 6.72. The van der Waals surface area contributed by atoms with Gasteiger partial charge in [0.25, 0.3) is 0 Å². The number of carboxylic acid groups (broad SMARTS) is 1. The van der Waals surface area contributed by atoms with Crippen molar-refractivity contribution in [3.05, 3.63) is 35.9 Å². The molecule has 2 fully saturated rings. The summed E-state index contributed by atoms with van der Waals surface area (Å²) in [6.07, 6.45) is -0.949. The molecule has 1 aromatic rings. The topological polar surface area (TPSA) is 89.9 Å². The number of benzene rings is 1. The second kappa shape index (κ2) is 4.87. The lowest BCUT2D eigenvalue weighted by atomic mass is 10.0. The van der Waals surface area contributed by atoms with Crippen molar-refractivity contribution in [2.24, 2.45) is 5.41 Å². The Bertz CT molecular complexity index is 589. The van der Waals surface area contributed by atoms with Gasteiger partial charge in [0.15, 0.2) is 17.6 Å². The normalized spacial score (nSPS) is 26.0. The Morgan fingerprint density at radius 1 is 1.24 bits per heavy atom. The first-order chi connectivity index (χ1) is 10.0. The van der Waals surface area contributed by atoms with Crippen LogP contribution in [-0.2, 0) is 23.9 Å². The molecular weight excluding hydrogens is 276 g/mol. The number of esters is 2. The summed E-state index contributed by atoms with van der Waals surface area (Å²) < 4.78 is 10.5. The Morgan fingerprint density at radius 3 is 2.48 bits per heavy atom. The second-order valence-corrected chi connectivity index (χ2v) is 5.36. The molecule has 0 unspecified atom stereocenters. The lowest BCUT2D eigenvalue weighted by molar-refractivity contribution is -0.167. The van der Waals surface area contributed by atoms with E-state index < -0.39 is 35.5 Å². The van der Waals surface area contributed by atoms with Crippen LogP contribution in [0, 0.1) is 5.41 Å². The number of carboxylic acids is 1. The molecule has 0 bridgehead atoms. The monoisotopic (exact) mass is 290 g/mol. The van der Waals surface area contributed by atoms with Gasteiger partial charge < -0.3 is 14.6 Å². The maximum absolute atomic E-state index is 12.0. The highest BCUT2D eigenvalue weighted by Crippen LogP contribution is 2.48. The molecule has 6 nitrogen and oxygen atoms in total. The molecule has 0 amide bonds. The number of hydrogen-bond donors (Lipinski definition) is 1. The van der Waals surface area contributed by atoms with Crippen molar-refractivity contribution in [2.75, 3.05) is 0 Å². The van der Waals surface area contributed by atoms with Crippen molar-refractivity contribution in [1.29, 1.82) is 0 Å². The predicted molar refractivity (Wildman–Crippen MR) is 69.1 cm³/mol. The van der Waals surface area contributed by atoms with Crippen molar-refractivity contribution >= 4 is 17.9 Å². The van der Waals surface area contributed by atoms with Crippen LogP contribution in [0.25, 0.3) is 0 Å². The standard InChI is InChI=1S/C15H14O6/c16-11-8-10(12(21-11)9-4-2-1-3-5-9)20-14(19)15(6-7-15)13(17)18/h1-5,10,12H,6-8H2,(H,17,18)/t10-,12-/m0/s1. The summed E-state index contributed by atoms with van der Waals surface area (Å²) in [7, 11) is 0. The van der Waals surface area contributed by atoms with E-state index in [9.17, 15) is 14.4 Å². The van der Waals surface area contributed by atoms with Gasteiger partial charge in [0.2, 0.25) is 0 Å². The first kappa shape index (κ1) is 13.6. The van der Waals surface area contributed by atoms with Gasteiger partial charge in [-0.25, -0.2) is 0 Å². The summed E-state index contributed by atoms with van der Waals surface area (Å²) in [4.78, 5) is 34.6. The molecule has 21 heavy (non-hydrogen) atoms. The third-order valence-corrected chi connectivity index (χ3v) is 3.90. The average Bonchev–Trinajstić information content (AvgIpc) is 3.20. The lowest BCUT2D eigenvalue weighted by Gasteiger charge is -2.20. The van der Waals surface area contributed by atoms with E-state index >= 15 is 0 Å². The molecule has 1 aliphatic heterocycles. The van der Waals surface area contributed by atoms with Gasteiger partial charge in [0.05, 0.1) is 6.42 Å². The molecule has 3 rings (SSSR count). The van der Waals surface area contributed by atoms with E-state index in [2.05, 4.69) is 0 Å². The first-order valence-electron chi connectivity index (χ1n) is 6.72. The molecule has 1 N–H and O–H groups in total. The Labute approximate surface area is 120 Å². The van der Waals surface area contributed by atoms with Gasteiger partial charge in [0, 0.05) is 0 Å². The van der Waals surface area contributed by atoms with Crippen LogP contribution in [0.3, 0.4) is 0 Å². The lowest BCUT2D eigenvalue weighted by Crippen LogP contribution is -2.32. The molecule has 0 spiro atoms. The van der Waals surface area contributed by atoms with Crippen molar-refractivity contribution in [1.82, 2.24) is 0 Å². The number of hydrogen-bond acceptors (Lipinski definition) is 5. The number of carbonyl (C=O) groups excluding carboxylic acids is 2. The minimum Gasteiger partial charge on any atom is -0.480 e. The number of cyclic esters (lactones) is 1. The average molecular weight is 290 g/mol. The van der Waals surface area contributed by atoms with Gasteiger partial charge in [-0.3, -0.25) is 14.4 Å². The summed E-state index contributed by atoms with van der Waals surface area (Å²) >= 11 is 0. The van der Waals surface area contributed by atoms with Crippen molar-refractivity contribution in [2.45, 2.75) is 31.5 Å². The highest BCUT2D eigenvalue weighted by atomic mass is 16.6. The van der Waals surface area contributed by atoms with Crippen LogP contribution in [0.15, 0.2) is 30.3 Å². The molecule has 1 aliphatic carbocycles. The summed E-state index contributed by atoms with van der Waals surface area (Å²) in [5.74, 6) is -2.41. The molecule has 1 saturated carbocycles. The maximum atomic E-state index is 12.0. The smallest absolute Gasteiger partial charge is 0.323 e. The van der Waals surface area contributed by atoms with Gasteiger partial charge in [-0.1, -0.05) is 30.3 Å². The summed E-state index contributed by atoms with van der Waals surface area (Å²) in [6, 6.07) is 8.95. The Kier molecular flexibility index (Phi) is 3.16. The molecule has 0 aromatic heterocycles. The predicted octanol–water partition coefficient (Wildman–Crippen LogP) is 1.45. The number of ether oxygens (including phenoxy) is 2. The fourth-order valence-corrected chi connectivity index (χ4v) is 2.45. The Balaban J connectivity index is 1.76. The van der Waals surface area contributed by atoms with E-state index in [1.54, 1.807) is 24.3 Å². The van der Waals surface area contributed by atoms with Gasteiger partial charge in [0.1, 0.15) is 0 Å². The van der Waals surface area contributed by atoms with Crippen molar-refractivity contribution < 1.29 is 29.0 Å². The zero-order valence-corrected chi connectivity index (χ0v) is 11.2. The second-order valence-electron chi connectivity index (χ2n) is 5.36. The largest absolute Gasteiger partial charge is 0.480 e. The number of aliphatic carboxylic acids is 1. The van der Waals surface area contributed by atoms with Crippen LogP contribution in [-0.4, -0.2) is 29.1 Å². The fourth-order valence-electron chi connectivity index (χ4n) is 2.45. The van der Waals surface area contributed by atoms with Crippen LogP contribution in [0.1, 0.15) is 30.9 Å². The van der Waals surface area contributed by atoms with Gasteiger partial charge in [-0.05, 0) is 18.4 Å². The molecular formula is C15H14O6. The van der Waals surface area contributed by atoms with Crippen molar-refractivity contribution in [3.8, 4) is 0 Å². The van der Waals surface area contributed by atoms with Crippen LogP contribution in [0.4, 0.5) is 0 Å². The minimum absolute atomic E-state index is 0.0546. The zero-order valence-electron chi connectivity index (χ0n) is 11.2. The van der Waals surface area contributed by atoms with Gasteiger partial charge in [-0.2, -0.15) is 0 Å². The van der Waals surface area contributed by atoms with Crippen molar-refractivity contribution in [3.63, 3.8) is 0 Å². The Morgan fingerprint density at radius 2 is 1.90 bits per heavy atom. The van der Waals surface area contributed by atoms with Crippen LogP contribution in [0.5, 0.6) is 0 Å². The minimum atomic E-state index is -1.42. The van der Waals surface area contributed by atoms with Crippen LogP contribution in [0.2, 0.25) is 0 Å². The number of rotatable bonds is 4. The van der Waals surface area contributed by atoms with E-state index in [0.717, 1.165) is 5.56 Å². The molecule has 1 saturated heterocycles. The van der Waals surface area contributed by atoms with Gasteiger partial charge in [-0.15, -0.1) is 0 Å². The molecule has 2 aliphatic rings. The molecule has 1 aromatic carbocycles. The van der Waals surface area contributed by atoms with E-state index in [-0.39, 0.29) is 19.3 Å². The Hall–Kier alpha value is -2.37. The van der Waals surface area contributed by atoms with E-state index in [4.69, 9.17) is 14.6 Å². The maximum Gasteiger partial charge on any atom is 0.323 e. The molecule has 2 atom stereocenters. The van der Waals surface area contributed by atoms with Crippen LogP contribution < -0.4 is 0 Å². The highest BCUT2D eigenvalue weighted by Gasteiger charge is 2.59. The summed E-state index contributed by atoms with van der Waals surface area (Å²) in [5.41, 5.74) is -0.700. The summed E-state index contributed by atoms with van der Waals surface area (Å²) in [6.45, 7) is 0. The molecule has 1 heterocycles. The number of carbonyl (C=O) groups is 3. The molecule has 110 valence electrons.